The monoisotopic (exact) mass is 139 g/mol. The van der Waals surface area contributed by atoms with Crippen molar-refractivity contribution in [2.24, 2.45) is 11.1 Å². The first kappa shape index (κ1) is 9.52. The maximum Gasteiger partial charge on any atom is 0.0101 e. The van der Waals surface area contributed by atoms with Crippen LogP contribution < -0.4 is 5.73 Å². The van der Waals surface area contributed by atoms with Crippen LogP contribution in [0.4, 0.5) is 0 Å². The second-order valence-corrected chi connectivity index (χ2v) is 3.72. The van der Waals surface area contributed by atoms with Gasteiger partial charge in [0, 0.05) is 12.5 Å². The van der Waals surface area contributed by atoms with Crippen LogP contribution in [-0.4, -0.2) is 6.04 Å². The van der Waals surface area contributed by atoms with Crippen LogP contribution in [0.15, 0.2) is 0 Å². The van der Waals surface area contributed by atoms with Gasteiger partial charge in [0.25, 0.3) is 0 Å². The highest BCUT2D eigenvalue weighted by molar-refractivity contribution is 4.87. The number of terminal acetylenes is 1. The second kappa shape index (κ2) is 3.63. The highest BCUT2D eigenvalue weighted by Crippen LogP contribution is 2.20. The second-order valence-electron chi connectivity index (χ2n) is 3.72. The van der Waals surface area contributed by atoms with Crippen molar-refractivity contribution in [3.05, 3.63) is 0 Å². The number of hydrogen-bond donors (Lipinski definition) is 1. The summed E-state index contributed by atoms with van der Waals surface area (Å²) in [5, 5.41) is 0. The molecule has 0 radical (unpaired) electrons. The normalized spacial score (nSPS) is 14.3. The van der Waals surface area contributed by atoms with Crippen LogP contribution in [0.3, 0.4) is 0 Å². The molecule has 58 valence electrons. The third-order valence-electron chi connectivity index (χ3n) is 1.71. The van der Waals surface area contributed by atoms with Crippen molar-refractivity contribution in [2.45, 2.75) is 39.7 Å². The summed E-state index contributed by atoms with van der Waals surface area (Å²) in [7, 11) is 0. The number of hydrogen-bond acceptors (Lipinski definition) is 1. The molecule has 0 aliphatic carbocycles. The van der Waals surface area contributed by atoms with Crippen molar-refractivity contribution in [3.63, 3.8) is 0 Å². The Hall–Kier alpha value is -0.480. The van der Waals surface area contributed by atoms with Crippen molar-refractivity contribution >= 4 is 0 Å². The lowest BCUT2D eigenvalue weighted by molar-refractivity contribution is 0.308. The van der Waals surface area contributed by atoms with Gasteiger partial charge in [0.05, 0.1) is 0 Å². The topological polar surface area (TPSA) is 26.0 Å². The Bertz CT molecular complexity index is 125. The lowest BCUT2D eigenvalue weighted by atomic mass is 9.85. The van der Waals surface area contributed by atoms with Gasteiger partial charge in [0.15, 0.2) is 0 Å². The van der Waals surface area contributed by atoms with Gasteiger partial charge in [0.2, 0.25) is 0 Å². The van der Waals surface area contributed by atoms with Gasteiger partial charge in [-0.1, -0.05) is 20.8 Å². The summed E-state index contributed by atoms with van der Waals surface area (Å²) in [6.45, 7) is 6.40. The van der Waals surface area contributed by atoms with Crippen LogP contribution in [0.5, 0.6) is 0 Å². The average molecular weight is 139 g/mol. The van der Waals surface area contributed by atoms with Gasteiger partial charge in [-0.05, 0) is 11.8 Å². The van der Waals surface area contributed by atoms with Crippen molar-refractivity contribution in [3.8, 4) is 12.3 Å². The van der Waals surface area contributed by atoms with Crippen LogP contribution in [-0.2, 0) is 0 Å². The Labute approximate surface area is 64.0 Å². The molecule has 0 fully saturated rings. The van der Waals surface area contributed by atoms with E-state index in [-0.39, 0.29) is 11.5 Å². The van der Waals surface area contributed by atoms with E-state index in [0.717, 1.165) is 12.8 Å². The van der Waals surface area contributed by atoms with E-state index in [1.54, 1.807) is 0 Å². The third-order valence-corrected chi connectivity index (χ3v) is 1.71. The molecule has 0 rings (SSSR count). The Morgan fingerprint density at radius 2 is 2.00 bits per heavy atom. The summed E-state index contributed by atoms with van der Waals surface area (Å²) >= 11 is 0. The van der Waals surface area contributed by atoms with Gasteiger partial charge < -0.3 is 5.73 Å². The fourth-order valence-corrected chi connectivity index (χ4v) is 0.672. The third kappa shape index (κ3) is 3.53. The summed E-state index contributed by atoms with van der Waals surface area (Å²) in [6, 6.07) is 0.226. The molecule has 0 saturated carbocycles. The van der Waals surface area contributed by atoms with Crippen LogP contribution in [0.25, 0.3) is 0 Å². The SMILES string of the molecule is C#CCCC(N)C(C)(C)C. The van der Waals surface area contributed by atoms with E-state index in [9.17, 15) is 0 Å². The fraction of sp³-hybridized carbons (Fsp3) is 0.778. The zero-order chi connectivity index (χ0) is 8.20. The molecule has 0 bridgehead atoms. The van der Waals surface area contributed by atoms with Gasteiger partial charge in [0.1, 0.15) is 0 Å². The fourth-order valence-electron chi connectivity index (χ4n) is 0.672. The van der Waals surface area contributed by atoms with Crippen LogP contribution in [0.2, 0.25) is 0 Å². The molecule has 0 heterocycles. The molecule has 0 spiro atoms. The number of nitrogens with two attached hydrogens (primary N) is 1. The molecule has 0 aromatic rings. The minimum Gasteiger partial charge on any atom is -0.327 e. The number of rotatable bonds is 2. The first-order chi connectivity index (χ1) is 4.48. The van der Waals surface area contributed by atoms with E-state index in [1.165, 1.54) is 0 Å². The molecule has 10 heavy (non-hydrogen) atoms. The Kier molecular flexibility index (Phi) is 3.46. The predicted molar refractivity (Wildman–Crippen MR) is 45.5 cm³/mol. The molecule has 1 heteroatoms. The Morgan fingerprint density at radius 3 is 2.30 bits per heavy atom. The van der Waals surface area contributed by atoms with Crippen LogP contribution in [0, 0.1) is 17.8 Å². The highest BCUT2D eigenvalue weighted by atomic mass is 14.7. The molecule has 0 aromatic carbocycles. The van der Waals surface area contributed by atoms with E-state index < -0.39 is 0 Å². The van der Waals surface area contributed by atoms with E-state index >= 15 is 0 Å². The van der Waals surface area contributed by atoms with Crippen LogP contribution >= 0.6 is 0 Å². The van der Waals surface area contributed by atoms with Gasteiger partial charge in [-0.25, -0.2) is 0 Å². The maximum absolute atomic E-state index is 5.84. The molecule has 0 aromatic heterocycles. The van der Waals surface area contributed by atoms with E-state index in [4.69, 9.17) is 12.2 Å². The van der Waals surface area contributed by atoms with Crippen molar-refractivity contribution < 1.29 is 0 Å². The first-order valence-corrected chi connectivity index (χ1v) is 3.67. The van der Waals surface area contributed by atoms with Crippen LogP contribution in [0.1, 0.15) is 33.6 Å². The van der Waals surface area contributed by atoms with E-state index in [2.05, 4.69) is 26.7 Å². The summed E-state index contributed by atoms with van der Waals surface area (Å²) < 4.78 is 0. The lowest BCUT2D eigenvalue weighted by Gasteiger charge is -2.26. The Morgan fingerprint density at radius 1 is 1.50 bits per heavy atom. The molecule has 2 N–H and O–H groups in total. The summed E-state index contributed by atoms with van der Waals surface area (Å²) in [5.74, 6) is 2.59. The average Bonchev–Trinajstić information content (AvgIpc) is 1.80. The summed E-state index contributed by atoms with van der Waals surface area (Å²) in [4.78, 5) is 0. The molecule has 1 nitrogen and oxygen atoms in total. The first-order valence-electron chi connectivity index (χ1n) is 3.67. The maximum atomic E-state index is 5.84. The molecule has 0 saturated heterocycles. The van der Waals surface area contributed by atoms with Crippen molar-refractivity contribution in [1.82, 2.24) is 0 Å². The molecule has 0 amide bonds. The van der Waals surface area contributed by atoms with Gasteiger partial charge in [-0.15, -0.1) is 12.3 Å². The zero-order valence-electron chi connectivity index (χ0n) is 7.15. The van der Waals surface area contributed by atoms with E-state index in [1.807, 2.05) is 0 Å². The largest absolute Gasteiger partial charge is 0.327 e. The Balaban J connectivity index is 3.65. The van der Waals surface area contributed by atoms with Gasteiger partial charge >= 0.3 is 0 Å². The zero-order valence-corrected chi connectivity index (χ0v) is 7.15. The van der Waals surface area contributed by atoms with E-state index in [0.29, 0.717) is 0 Å². The molecular formula is C9H17N. The highest BCUT2D eigenvalue weighted by Gasteiger charge is 2.19. The molecule has 0 aliphatic rings. The quantitative estimate of drug-likeness (QED) is 0.580. The minimum absolute atomic E-state index is 0.191. The molecular weight excluding hydrogens is 122 g/mol. The molecule has 1 unspecified atom stereocenters. The summed E-state index contributed by atoms with van der Waals surface area (Å²) in [5.41, 5.74) is 6.03. The molecule has 1 atom stereocenters. The standard InChI is InChI=1S/C9H17N/c1-5-6-7-8(10)9(2,3)4/h1,8H,6-7,10H2,2-4H3. The van der Waals surface area contributed by atoms with Crippen molar-refractivity contribution in [2.75, 3.05) is 0 Å². The summed E-state index contributed by atoms with van der Waals surface area (Å²) in [6.07, 6.45) is 6.84. The predicted octanol–water partition coefficient (Wildman–Crippen LogP) is 1.77. The minimum atomic E-state index is 0.191. The lowest BCUT2D eigenvalue weighted by Crippen LogP contribution is -2.34. The van der Waals surface area contributed by atoms with Gasteiger partial charge in [-0.3, -0.25) is 0 Å². The van der Waals surface area contributed by atoms with Gasteiger partial charge in [-0.2, -0.15) is 0 Å². The van der Waals surface area contributed by atoms with Crippen molar-refractivity contribution in [1.29, 1.82) is 0 Å². The molecule has 0 aliphatic heterocycles. The smallest absolute Gasteiger partial charge is 0.0101 e.